The first kappa shape index (κ1) is 22.0. The number of esters is 2. The van der Waals surface area contributed by atoms with Gasteiger partial charge in [0.15, 0.2) is 0 Å². The molecule has 2 aliphatic heterocycles. The van der Waals surface area contributed by atoms with E-state index in [0.717, 1.165) is 19.3 Å². The minimum absolute atomic E-state index is 0.399. The van der Waals surface area contributed by atoms with Gasteiger partial charge in [-0.2, -0.15) is 0 Å². The molecule has 3 aliphatic rings. The predicted octanol–water partition coefficient (Wildman–Crippen LogP) is 4.84. The summed E-state index contributed by atoms with van der Waals surface area (Å²) in [5.74, 6) is -2.76. The van der Waals surface area contributed by atoms with E-state index >= 15 is 0 Å². The van der Waals surface area contributed by atoms with Gasteiger partial charge < -0.3 is 20.1 Å². The van der Waals surface area contributed by atoms with E-state index in [9.17, 15) is 14.4 Å². The van der Waals surface area contributed by atoms with Gasteiger partial charge in [0.2, 0.25) is 5.41 Å². The fourth-order valence-corrected chi connectivity index (χ4v) is 5.54. The SMILES string of the molecule is O=C1N[C@H](c2cccc(Cl)c2)C2(C(=O)OC3(CCCCC3)OC2=O)[C@H](c2cccc(Cl)c2)N1. The smallest absolute Gasteiger partial charge is 0.331 e. The van der Waals surface area contributed by atoms with Gasteiger partial charge in [0.05, 0.1) is 12.1 Å². The first-order chi connectivity index (χ1) is 15.8. The normalized spacial score (nSPS) is 25.7. The second kappa shape index (κ2) is 8.22. The second-order valence-corrected chi connectivity index (χ2v) is 9.59. The molecule has 2 spiro atoms. The Kier molecular flexibility index (Phi) is 5.49. The Labute approximate surface area is 200 Å². The highest BCUT2D eigenvalue weighted by Gasteiger charge is 2.69. The number of benzene rings is 2. The first-order valence-corrected chi connectivity index (χ1v) is 11.6. The molecule has 2 atom stereocenters. The maximum atomic E-state index is 13.9. The minimum Gasteiger partial charge on any atom is -0.421 e. The zero-order chi connectivity index (χ0) is 23.2. The van der Waals surface area contributed by atoms with Crippen LogP contribution in [0.5, 0.6) is 0 Å². The summed E-state index contributed by atoms with van der Waals surface area (Å²) in [5.41, 5.74) is -0.956. The molecule has 2 aromatic carbocycles. The van der Waals surface area contributed by atoms with E-state index in [1.54, 1.807) is 48.5 Å². The molecule has 5 rings (SSSR count). The number of nitrogens with one attached hydrogen (secondary N) is 2. The molecule has 2 N–H and O–H groups in total. The number of amides is 2. The van der Waals surface area contributed by atoms with Crippen molar-refractivity contribution >= 4 is 41.2 Å². The van der Waals surface area contributed by atoms with Crippen LogP contribution in [0.4, 0.5) is 4.79 Å². The lowest BCUT2D eigenvalue weighted by molar-refractivity contribution is -0.276. The lowest BCUT2D eigenvalue weighted by Crippen LogP contribution is -2.69. The summed E-state index contributed by atoms with van der Waals surface area (Å²) < 4.78 is 11.9. The van der Waals surface area contributed by atoms with Gasteiger partial charge in [-0.3, -0.25) is 9.59 Å². The van der Waals surface area contributed by atoms with E-state index in [4.69, 9.17) is 32.7 Å². The molecule has 9 heteroatoms. The van der Waals surface area contributed by atoms with Crippen LogP contribution >= 0.6 is 23.2 Å². The van der Waals surface area contributed by atoms with Crippen molar-refractivity contribution in [3.05, 3.63) is 69.7 Å². The van der Waals surface area contributed by atoms with Gasteiger partial charge in [0.25, 0.3) is 5.79 Å². The molecule has 2 amide bonds. The summed E-state index contributed by atoms with van der Waals surface area (Å²) in [5, 5.41) is 6.29. The number of halogens is 2. The molecular weight excluding hydrogens is 467 g/mol. The third kappa shape index (κ3) is 3.63. The highest BCUT2D eigenvalue weighted by Crippen LogP contribution is 2.54. The molecule has 3 fully saturated rings. The van der Waals surface area contributed by atoms with Gasteiger partial charge in [-0.1, -0.05) is 53.9 Å². The fraction of sp³-hybridized carbons (Fsp3) is 0.375. The summed E-state index contributed by atoms with van der Waals surface area (Å²) in [6, 6.07) is 10.6. The molecule has 33 heavy (non-hydrogen) atoms. The third-order valence-electron chi connectivity index (χ3n) is 6.67. The zero-order valence-electron chi connectivity index (χ0n) is 17.6. The topological polar surface area (TPSA) is 93.7 Å². The van der Waals surface area contributed by atoms with Crippen molar-refractivity contribution in [3.8, 4) is 0 Å². The Hall–Kier alpha value is -2.77. The summed E-state index contributed by atoms with van der Waals surface area (Å²) >= 11 is 12.4. The highest BCUT2D eigenvalue weighted by atomic mass is 35.5. The summed E-state index contributed by atoms with van der Waals surface area (Å²) in [7, 11) is 0. The first-order valence-electron chi connectivity index (χ1n) is 10.9. The maximum absolute atomic E-state index is 13.9. The van der Waals surface area contributed by atoms with E-state index in [0.29, 0.717) is 34.0 Å². The van der Waals surface area contributed by atoms with Crippen LogP contribution in [0.1, 0.15) is 55.3 Å². The fourth-order valence-electron chi connectivity index (χ4n) is 5.14. The molecule has 0 radical (unpaired) electrons. The van der Waals surface area contributed by atoms with Crippen LogP contribution in [0.15, 0.2) is 48.5 Å². The maximum Gasteiger partial charge on any atom is 0.331 e. The molecule has 172 valence electrons. The summed E-state index contributed by atoms with van der Waals surface area (Å²) in [6.07, 6.45) is 3.46. The van der Waals surface area contributed by atoms with Crippen LogP contribution in [0.25, 0.3) is 0 Å². The Morgan fingerprint density at radius 1 is 0.758 bits per heavy atom. The van der Waals surface area contributed by atoms with Gasteiger partial charge in [-0.25, -0.2) is 4.79 Å². The average molecular weight is 489 g/mol. The molecule has 1 saturated carbocycles. The number of rotatable bonds is 2. The van der Waals surface area contributed by atoms with E-state index in [2.05, 4.69) is 10.6 Å². The standard InChI is InChI=1S/C24H22Cl2N2O5/c25-16-8-4-6-14(12-16)18-24(19(28-22(31)27-18)15-7-5-9-17(26)13-15)20(29)32-23(33-21(24)30)10-2-1-3-11-23/h4-9,12-13,18-19H,1-3,10-11H2,(H2,27,28,31)/t18-,19+. The van der Waals surface area contributed by atoms with Crippen molar-refractivity contribution in [3.63, 3.8) is 0 Å². The van der Waals surface area contributed by atoms with Crippen LogP contribution in [-0.4, -0.2) is 23.8 Å². The largest absolute Gasteiger partial charge is 0.421 e. The number of ether oxygens (including phenoxy) is 2. The number of hydrogen-bond donors (Lipinski definition) is 2. The second-order valence-electron chi connectivity index (χ2n) is 8.71. The summed E-state index contributed by atoms with van der Waals surface area (Å²) in [6.45, 7) is 0. The van der Waals surface area contributed by atoms with Crippen molar-refractivity contribution in [1.82, 2.24) is 10.6 Å². The average Bonchev–Trinajstić information content (AvgIpc) is 2.78. The predicted molar refractivity (Wildman–Crippen MR) is 120 cm³/mol. The van der Waals surface area contributed by atoms with Gasteiger partial charge in [0, 0.05) is 22.9 Å². The molecule has 2 heterocycles. The van der Waals surface area contributed by atoms with Crippen molar-refractivity contribution in [1.29, 1.82) is 0 Å². The Balaban J connectivity index is 1.69. The molecule has 1 aliphatic carbocycles. The molecule has 0 bridgehead atoms. The van der Waals surface area contributed by atoms with E-state index < -0.39 is 41.3 Å². The zero-order valence-corrected chi connectivity index (χ0v) is 19.1. The van der Waals surface area contributed by atoms with Crippen molar-refractivity contribution in [2.24, 2.45) is 5.41 Å². The number of carbonyl (C=O) groups excluding carboxylic acids is 3. The number of hydrogen-bond acceptors (Lipinski definition) is 5. The number of carbonyl (C=O) groups is 3. The summed E-state index contributed by atoms with van der Waals surface area (Å²) in [4.78, 5) is 40.6. The van der Waals surface area contributed by atoms with Crippen LogP contribution in [-0.2, 0) is 19.1 Å². The lowest BCUT2D eigenvalue weighted by atomic mass is 9.67. The van der Waals surface area contributed by atoms with Gasteiger partial charge in [0.1, 0.15) is 0 Å². The highest BCUT2D eigenvalue weighted by molar-refractivity contribution is 6.31. The molecule has 2 saturated heterocycles. The quantitative estimate of drug-likeness (QED) is 0.466. The van der Waals surface area contributed by atoms with E-state index in [1.165, 1.54) is 0 Å². The van der Waals surface area contributed by atoms with Crippen LogP contribution in [0.3, 0.4) is 0 Å². The molecule has 2 aromatic rings. The van der Waals surface area contributed by atoms with Crippen LogP contribution < -0.4 is 10.6 Å². The van der Waals surface area contributed by atoms with E-state index in [1.807, 2.05) is 0 Å². The Bertz CT molecular complexity index is 1050. The van der Waals surface area contributed by atoms with Gasteiger partial charge >= 0.3 is 18.0 Å². The molecule has 0 aromatic heterocycles. The van der Waals surface area contributed by atoms with Crippen molar-refractivity contribution in [2.45, 2.75) is 50.0 Å². The molecular formula is C24H22Cl2N2O5. The molecule has 7 nitrogen and oxygen atoms in total. The molecule has 0 unspecified atom stereocenters. The Morgan fingerprint density at radius 2 is 1.24 bits per heavy atom. The van der Waals surface area contributed by atoms with Crippen molar-refractivity contribution < 1.29 is 23.9 Å². The Morgan fingerprint density at radius 3 is 1.70 bits per heavy atom. The van der Waals surface area contributed by atoms with Crippen molar-refractivity contribution in [2.75, 3.05) is 0 Å². The monoisotopic (exact) mass is 488 g/mol. The number of urea groups is 1. The van der Waals surface area contributed by atoms with Crippen LogP contribution in [0.2, 0.25) is 10.0 Å². The lowest BCUT2D eigenvalue weighted by Gasteiger charge is -2.52. The van der Waals surface area contributed by atoms with Crippen LogP contribution in [0, 0.1) is 5.41 Å². The van der Waals surface area contributed by atoms with E-state index in [-0.39, 0.29) is 0 Å². The van der Waals surface area contributed by atoms with Gasteiger partial charge in [-0.15, -0.1) is 0 Å². The third-order valence-corrected chi connectivity index (χ3v) is 7.14. The van der Waals surface area contributed by atoms with Gasteiger partial charge in [-0.05, 0) is 48.2 Å². The minimum atomic E-state index is -1.92.